The van der Waals surface area contributed by atoms with Crippen LogP contribution in [-0.4, -0.2) is 49.6 Å². The van der Waals surface area contributed by atoms with Crippen LogP contribution >= 0.6 is 11.6 Å². The zero-order valence-electron chi connectivity index (χ0n) is 11.3. The highest BCUT2D eigenvalue weighted by Crippen LogP contribution is 2.25. The van der Waals surface area contributed by atoms with Crippen LogP contribution in [0, 0.1) is 0 Å². The predicted molar refractivity (Wildman–Crippen MR) is 80.7 cm³/mol. The van der Waals surface area contributed by atoms with Crippen molar-refractivity contribution >= 4 is 21.4 Å². The van der Waals surface area contributed by atoms with Crippen molar-refractivity contribution in [1.82, 2.24) is 4.90 Å². The topological polar surface area (TPSA) is 57.6 Å². The summed E-state index contributed by atoms with van der Waals surface area (Å²) in [6, 6.07) is 7.26. The van der Waals surface area contributed by atoms with Crippen molar-refractivity contribution in [3.63, 3.8) is 0 Å². The number of aliphatic hydroxyl groups is 1. The molecule has 1 aliphatic rings. The fourth-order valence-electron chi connectivity index (χ4n) is 2.42. The van der Waals surface area contributed by atoms with Crippen LogP contribution in [0.15, 0.2) is 24.3 Å². The second kappa shape index (κ2) is 6.89. The Hall–Kier alpha value is -0.620. The minimum atomic E-state index is -2.87. The lowest BCUT2D eigenvalue weighted by atomic mass is 10.1. The van der Waals surface area contributed by atoms with Crippen LogP contribution in [0.3, 0.4) is 0 Å². The van der Waals surface area contributed by atoms with Crippen molar-refractivity contribution in [2.24, 2.45) is 0 Å². The first-order chi connectivity index (χ1) is 9.48. The van der Waals surface area contributed by atoms with Gasteiger partial charge in [-0.15, -0.1) is 0 Å². The molecule has 2 rings (SSSR count). The molecule has 1 aromatic carbocycles. The second-order valence-corrected chi connectivity index (χ2v) is 7.88. The van der Waals surface area contributed by atoms with E-state index >= 15 is 0 Å². The lowest BCUT2D eigenvalue weighted by molar-refractivity contribution is 0.144. The third-order valence-corrected chi connectivity index (χ3v) is 5.69. The monoisotopic (exact) mass is 317 g/mol. The highest BCUT2D eigenvalue weighted by Gasteiger charge is 2.20. The van der Waals surface area contributed by atoms with Gasteiger partial charge in [0.2, 0.25) is 0 Å². The zero-order chi connectivity index (χ0) is 14.6. The number of sulfone groups is 1. The van der Waals surface area contributed by atoms with Gasteiger partial charge in [-0.25, -0.2) is 8.42 Å². The molecule has 0 spiro atoms. The smallest absolute Gasteiger partial charge is 0.151 e. The molecule has 6 heteroatoms. The molecule has 112 valence electrons. The Morgan fingerprint density at radius 2 is 2.00 bits per heavy atom. The first kappa shape index (κ1) is 15.8. The second-order valence-electron chi connectivity index (χ2n) is 5.17. The first-order valence-corrected chi connectivity index (χ1v) is 9.03. The summed E-state index contributed by atoms with van der Waals surface area (Å²) in [5, 5.41) is 10.7. The summed E-state index contributed by atoms with van der Waals surface area (Å²) in [5.41, 5.74) is 0.733. The van der Waals surface area contributed by atoms with Crippen LogP contribution in [0.2, 0.25) is 5.02 Å². The molecule has 1 aromatic rings. The average Bonchev–Trinajstić information content (AvgIpc) is 2.57. The van der Waals surface area contributed by atoms with Crippen LogP contribution in [-0.2, 0) is 9.84 Å². The molecule has 1 N–H and O–H groups in total. The average molecular weight is 318 g/mol. The summed E-state index contributed by atoms with van der Waals surface area (Å²) in [5.74, 6) is 0.492. The van der Waals surface area contributed by atoms with Gasteiger partial charge in [0.05, 0.1) is 17.6 Å². The molecule has 1 saturated heterocycles. The highest BCUT2D eigenvalue weighted by molar-refractivity contribution is 7.91. The van der Waals surface area contributed by atoms with Gasteiger partial charge in [-0.3, -0.25) is 0 Å². The number of halogens is 1. The fraction of sp³-hybridized carbons (Fsp3) is 0.571. The Balaban J connectivity index is 1.87. The maximum atomic E-state index is 11.5. The summed E-state index contributed by atoms with van der Waals surface area (Å²) in [6.45, 7) is 2.01. The molecule has 0 radical (unpaired) electrons. The largest absolute Gasteiger partial charge is 0.388 e. The summed E-state index contributed by atoms with van der Waals surface area (Å²) in [7, 11) is -2.87. The number of hydrogen-bond acceptors (Lipinski definition) is 4. The van der Waals surface area contributed by atoms with Crippen molar-refractivity contribution in [3.8, 4) is 0 Å². The predicted octanol–water partition coefficient (Wildman–Crippen LogP) is 1.88. The van der Waals surface area contributed by atoms with Gasteiger partial charge >= 0.3 is 0 Å². The van der Waals surface area contributed by atoms with Gasteiger partial charge in [0.15, 0.2) is 9.84 Å². The van der Waals surface area contributed by atoms with E-state index in [0.717, 1.165) is 12.1 Å². The molecule has 0 bridgehead atoms. The minimum absolute atomic E-state index is 0.217. The molecule has 0 aromatic heterocycles. The molecule has 0 amide bonds. The Morgan fingerprint density at radius 3 is 2.75 bits per heavy atom. The van der Waals surface area contributed by atoms with E-state index in [1.54, 1.807) is 6.07 Å². The molecule has 1 aliphatic heterocycles. The molecule has 20 heavy (non-hydrogen) atoms. The number of hydrogen-bond donors (Lipinski definition) is 1. The Morgan fingerprint density at radius 1 is 1.25 bits per heavy atom. The van der Waals surface area contributed by atoms with Crippen molar-refractivity contribution in [2.45, 2.75) is 18.9 Å². The Bertz CT molecular complexity index is 547. The summed E-state index contributed by atoms with van der Waals surface area (Å²) in [6.07, 6.45) is 0.623. The van der Waals surface area contributed by atoms with E-state index in [-0.39, 0.29) is 11.5 Å². The number of rotatable bonds is 4. The molecule has 1 fully saturated rings. The van der Waals surface area contributed by atoms with E-state index in [1.807, 2.05) is 18.2 Å². The SMILES string of the molecule is O=S1(=O)CCCN(CCC(O)c2ccccc2Cl)CC1. The number of benzene rings is 1. The standard InChI is InChI=1S/C14H20ClNO3S/c15-13-5-2-1-4-12(13)14(17)6-8-16-7-3-10-20(18,19)11-9-16/h1-2,4-5,14,17H,3,6-11H2. The number of aliphatic hydroxyl groups excluding tert-OH is 1. The third-order valence-electron chi connectivity index (χ3n) is 3.63. The first-order valence-electron chi connectivity index (χ1n) is 6.83. The van der Waals surface area contributed by atoms with E-state index in [1.165, 1.54) is 0 Å². The maximum absolute atomic E-state index is 11.5. The normalized spacial score (nSPS) is 21.3. The van der Waals surface area contributed by atoms with Gasteiger partial charge in [-0.1, -0.05) is 29.8 Å². The lowest BCUT2D eigenvalue weighted by Gasteiger charge is -2.21. The van der Waals surface area contributed by atoms with Gasteiger partial charge in [0, 0.05) is 18.1 Å². The van der Waals surface area contributed by atoms with E-state index in [9.17, 15) is 13.5 Å². The van der Waals surface area contributed by atoms with E-state index in [4.69, 9.17) is 11.6 Å². The quantitative estimate of drug-likeness (QED) is 0.921. The molecule has 4 nitrogen and oxygen atoms in total. The Kier molecular flexibility index (Phi) is 5.43. The van der Waals surface area contributed by atoms with Gasteiger partial charge in [0.1, 0.15) is 0 Å². The van der Waals surface area contributed by atoms with Crippen LogP contribution in [0.4, 0.5) is 0 Å². The van der Waals surface area contributed by atoms with Crippen LogP contribution in [0.5, 0.6) is 0 Å². The van der Waals surface area contributed by atoms with Crippen molar-refractivity contribution < 1.29 is 13.5 Å². The molecular weight excluding hydrogens is 298 g/mol. The van der Waals surface area contributed by atoms with Crippen molar-refractivity contribution in [2.75, 3.05) is 31.1 Å². The van der Waals surface area contributed by atoms with E-state index in [0.29, 0.717) is 31.0 Å². The Labute approximate surface area is 125 Å². The van der Waals surface area contributed by atoms with Gasteiger partial charge in [-0.2, -0.15) is 0 Å². The molecular formula is C14H20ClNO3S. The van der Waals surface area contributed by atoms with Gasteiger partial charge < -0.3 is 10.0 Å². The van der Waals surface area contributed by atoms with Gasteiger partial charge in [-0.05, 0) is 31.0 Å². The minimum Gasteiger partial charge on any atom is -0.388 e. The fourth-order valence-corrected chi connectivity index (χ4v) is 3.99. The van der Waals surface area contributed by atoms with Crippen LogP contribution in [0.1, 0.15) is 24.5 Å². The van der Waals surface area contributed by atoms with E-state index in [2.05, 4.69) is 4.90 Å². The van der Waals surface area contributed by atoms with Crippen LogP contribution < -0.4 is 0 Å². The molecule has 0 saturated carbocycles. The summed E-state index contributed by atoms with van der Waals surface area (Å²) < 4.78 is 23.1. The van der Waals surface area contributed by atoms with E-state index < -0.39 is 15.9 Å². The lowest BCUT2D eigenvalue weighted by Crippen LogP contribution is -2.29. The molecule has 0 aliphatic carbocycles. The molecule has 1 atom stereocenters. The third kappa shape index (κ3) is 4.45. The molecule has 1 unspecified atom stereocenters. The van der Waals surface area contributed by atoms with Crippen molar-refractivity contribution in [1.29, 1.82) is 0 Å². The maximum Gasteiger partial charge on any atom is 0.151 e. The highest BCUT2D eigenvalue weighted by atomic mass is 35.5. The van der Waals surface area contributed by atoms with Gasteiger partial charge in [0.25, 0.3) is 0 Å². The molecule has 1 heterocycles. The number of nitrogens with zero attached hydrogens (tertiary/aromatic N) is 1. The van der Waals surface area contributed by atoms with Crippen LogP contribution in [0.25, 0.3) is 0 Å². The summed E-state index contributed by atoms with van der Waals surface area (Å²) >= 11 is 6.05. The summed E-state index contributed by atoms with van der Waals surface area (Å²) in [4.78, 5) is 2.10. The zero-order valence-corrected chi connectivity index (χ0v) is 12.9. The van der Waals surface area contributed by atoms with Crippen molar-refractivity contribution in [3.05, 3.63) is 34.9 Å².